The Kier molecular flexibility index (Phi) is 14.4. The number of aryl methyl sites for hydroxylation is 1. The predicted octanol–water partition coefficient (Wildman–Crippen LogP) is 5.82. The number of nitrogens with zero attached hydrogens (tertiary/aromatic N) is 2. The summed E-state index contributed by atoms with van der Waals surface area (Å²) in [5, 5.41) is -0.309. The summed E-state index contributed by atoms with van der Waals surface area (Å²) in [6, 6.07) is 0. The first-order valence-corrected chi connectivity index (χ1v) is 26.2. The number of H-pyrrole nitrogens is 2. The molecule has 2 aromatic rings. The Bertz CT molecular complexity index is 2010. The molecule has 2 fully saturated rings. The summed E-state index contributed by atoms with van der Waals surface area (Å²) >= 11 is 0. The second kappa shape index (κ2) is 17.6. The molecule has 2 aliphatic heterocycles. The number of allylic oxidation sites excluding steroid dienone is 1. The van der Waals surface area contributed by atoms with Crippen LogP contribution in [-0.4, -0.2) is 80.0 Å². The number of hydrogen-bond acceptors (Lipinski definition) is 12. The molecule has 16 nitrogen and oxygen atoms in total. The summed E-state index contributed by atoms with van der Waals surface area (Å²) in [6.45, 7) is 29.5. The molecule has 4 rings (SSSR count). The molecule has 0 aromatic carbocycles. The number of phosphoric acid groups is 1. The van der Waals surface area contributed by atoms with Crippen LogP contribution in [0.4, 0.5) is 0 Å². The van der Waals surface area contributed by atoms with E-state index in [-0.39, 0.29) is 49.2 Å². The highest BCUT2D eigenvalue weighted by Gasteiger charge is 2.49. The first-order chi connectivity index (χ1) is 25.8. The average Bonchev–Trinajstić information content (AvgIpc) is 3.66. The van der Waals surface area contributed by atoms with E-state index < -0.39 is 83.8 Å². The van der Waals surface area contributed by atoms with Crippen LogP contribution < -0.4 is 22.5 Å². The van der Waals surface area contributed by atoms with Gasteiger partial charge in [0.2, 0.25) is 0 Å². The normalized spacial score (nSPS) is 24.6. The average molecular weight is 841 g/mol. The minimum absolute atomic E-state index is 0.0446. The Morgan fingerprint density at radius 1 is 0.804 bits per heavy atom. The van der Waals surface area contributed by atoms with Gasteiger partial charge in [0, 0.05) is 36.4 Å². The van der Waals surface area contributed by atoms with Gasteiger partial charge in [-0.3, -0.25) is 42.3 Å². The fourth-order valence-electron chi connectivity index (χ4n) is 5.75. The summed E-state index contributed by atoms with van der Waals surface area (Å²) in [6.07, 6.45) is 1.42. The van der Waals surface area contributed by atoms with Crippen LogP contribution in [-0.2, 0) is 42.9 Å². The Hall–Kier alpha value is -2.78. The molecule has 0 radical (unpaired) electrons. The third-order valence-electron chi connectivity index (χ3n) is 11.2. The summed E-state index contributed by atoms with van der Waals surface area (Å²) < 4.78 is 61.3. The topological polar surface area (TPSA) is 191 Å². The van der Waals surface area contributed by atoms with Crippen molar-refractivity contribution in [1.82, 2.24) is 19.1 Å². The Balaban J connectivity index is 1.65. The first kappa shape index (κ1) is 45.9. The summed E-state index contributed by atoms with van der Waals surface area (Å²) in [5.74, 6) is 0. The van der Waals surface area contributed by atoms with E-state index in [4.69, 9.17) is 31.9 Å². The zero-order valence-electron chi connectivity index (χ0n) is 34.7. The van der Waals surface area contributed by atoms with E-state index in [9.17, 15) is 23.7 Å². The van der Waals surface area contributed by atoms with Crippen molar-refractivity contribution in [2.45, 2.75) is 141 Å². The standard InChI is InChI=1S/C37H61N4O12PSi2/c1-14-16-25-21-41(35(45)39-33(25)43)31-19-27(53-56(12,13)37(7,8)9)28(50-31)22-48-54(46,47-17-15-2)52-26-18-30(40-20-24(3)32(42)38-34(40)44)51-29(26)23-49-55(10,11)36(4,5)6/h14-15,20-21,26-31H,1-2,16-19,22-23H2,3-13H3,(H,38,42,44)(H,39,43,45)/t26-,27-,28+,29+,30+,31+,54?/m0/s1. The minimum atomic E-state index is -4.45. The number of aromatic nitrogens is 4. The highest BCUT2D eigenvalue weighted by atomic mass is 31.2. The molecule has 56 heavy (non-hydrogen) atoms. The van der Waals surface area contributed by atoms with Crippen LogP contribution in [0.5, 0.6) is 0 Å². The molecule has 0 saturated carbocycles. The van der Waals surface area contributed by atoms with Gasteiger partial charge in [-0.15, -0.1) is 13.2 Å². The molecule has 2 N–H and O–H groups in total. The lowest BCUT2D eigenvalue weighted by molar-refractivity contribution is -0.0574. The van der Waals surface area contributed by atoms with E-state index in [1.54, 1.807) is 13.0 Å². The van der Waals surface area contributed by atoms with Gasteiger partial charge in [0.25, 0.3) is 11.1 Å². The van der Waals surface area contributed by atoms with Crippen LogP contribution in [0.1, 0.15) is 78.0 Å². The zero-order valence-corrected chi connectivity index (χ0v) is 37.6. The molecular weight excluding hydrogens is 780 g/mol. The number of rotatable bonds is 17. The molecular formula is C37H61N4O12PSi2. The SMILES string of the molecule is C=CCOP(=O)(OC[C@H]1O[C@@H](n2cc(CC=C)c(=O)[nH]c2=O)C[C@@H]1O[Si](C)(C)C(C)(C)C)O[C@H]1C[C@H](n2cc(C)c(=O)[nH]c2=O)O[C@@H]1CO[Si](C)(C)C(C)(C)C. The lowest BCUT2D eigenvalue weighted by Gasteiger charge is -2.39. The fourth-order valence-corrected chi connectivity index (χ4v) is 9.49. The molecule has 0 aliphatic carbocycles. The Labute approximate surface area is 330 Å². The molecule has 1 unspecified atom stereocenters. The van der Waals surface area contributed by atoms with E-state index in [2.05, 4.69) is 90.9 Å². The van der Waals surface area contributed by atoms with Crippen LogP contribution in [0.15, 0.2) is 56.9 Å². The van der Waals surface area contributed by atoms with Crippen molar-refractivity contribution >= 4 is 24.5 Å². The van der Waals surface area contributed by atoms with Crippen LogP contribution in [0.25, 0.3) is 0 Å². The van der Waals surface area contributed by atoms with E-state index in [1.807, 2.05) is 0 Å². The maximum Gasteiger partial charge on any atom is 0.475 e. The number of ether oxygens (including phenoxy) is 2. The monoisotopic (exact) mass is 840 g/mol. The highest BCUT2D eigenvalue weighted by Crippen LogP contribution is 2.54. The van der Waals surface area contributed by atoms with E-state index in [0.717, 1.165) is 0 Å². The van der Waals surface area contributed by atoms with Crippen molar-refractivity contribution in [2.75, 3.05) is 19.8 Å². The molecule has 7 atom stereocenters. The lowest BCUT2D eigenvalue weighted by Crippen LogP contribution is -2.46. The number of phosphoric ester groups is 1. The summed E-state index contributed by atoms with van der Waals surface area (Å²) in [5.41, 5.74) is -1.70. The highest BCUT2D eigenvalue weighted by molar-refractivity contribution is 7.48. The van der Waals surface area contributed by atoms with E-state index >= 15 is 0 Å². The van der Waals surface area contributed by atoms with Crippen molar-refractivity contribution < 1.29 is 36.5 Å². The van der Waals surface area contributed by atoms with Crippen LogP contribution in [0.2, 0.25) is 36.3 Å². The van der Waals surface area contributed by atoms with Gasteiger partial charge in [0.15, 0.2) is 16.6 Å². The second-order valence-corrected chi connectivity index (χ2v) is 28.7. The van der Waals surface area contributed by atoms with Crippen molar-refractivity contribution in [3.8, 4) is 0 Å². The largest absolute Gasteiger partial charge is 0.475 e. The van der Waals surface area contributed by atoms with E-state index in [1.165, 1.54) is 27.6 Å². The smallest absolute Gasteiger partial charge is 0.414 e. The van der Waals surface area contributed by atoms with Gasteiger partial charge in [-0.05, 0) is 49.6 Å². The molecule has 0 spiro atoms. The third-order valence-corrected chi connectivity index (χ3v) is 21.7. The van der Waals surface area contributed by atoms with Gasteiger partial charge in [-0.2, -0.15) is 0 Å². The van der Waals surface area contributed by atoms with Crippen LogP contribution in [0.3, 0.4) is 0 Å². The van der Waals surface area contributed by atoms with Gasteiger partial charge in [-0.25, -0.2) is 14.2 Å². The molecule has 314 valence electrons. The van der Waals surface area contributed by atoms with Gasteiger partial charge >= 0.3 is 19.2 Å². The van der Waals surface area contributed by atoms with E-state index in [0.29, 0.717) is 11.1 Å². The molecule has 19 heteroatoms. The Morgan fingerprint density at radius 3 is 1.89 bits per heavy atom. The second-order valence-electron chi connectivity index (χ2n) is 17.5. The lowest BCUT2D eigenvalue weighted by atomic mass is 10.2. The van der Waals surface area contributed by atoms with Crippen LogP contribution >= 0.6 is 7.82 Å². The maximum absolute atomic E-state index is 14.6. The van der Waals surface area contributed by atoms with Gasteiger partial charge in [-0.1, -0.05) is 53.7 Å². The quantitative estimate of drug-likeness (QED) is 0.110. The van der Waals surface area contributed by atoms with Crippen molar-refractivity contribution in [3.63, 3.8) is 0 Å². The zero-order chi connectivity index (χ0) is 42.0. The first-order valence-electron chi connectivity index (χ1n) is 18.9. The number of nitrogens with one attached hydrogen (secondary N) is 2. The van der Waals surface area contributed by atoms with Gasteiger partial charge in [0.1, 0.15) is 30.8 Å². The number of hydrogen-bond donors (Lipinski definition) is 2. The van der Waals surface area contributed by atoms with Crippen LogP contribution in [0, 0.1) is 6.92 Å². The third kappa shape index (κ3) is 10.8. The summed E-state index contributed by atoms with van der Waals surface area (Å²) in [7, 11) is -9.18. The molecule has 4 heterocycles. The van der Waals surface area contributed by atoms with Crippen molar-refractivity contribution in [3.05, 3.63) is 90.5 Å². The number of aromatic amines is 2. The Morgan fingerprint density at radius 2 is 1.34 bits per heavy atom. The van der Waals surface area contributed by atoms with Crippen molar-refractivity contribution in [1.29, 1.82) is 0 Å². The summed E-state index contributed by atoms with van der Waals surface area (Å²) in [4.78, 5) is 55.2. The van der Waals surface area contributed by atoms with Crippen molar-refractivity contribution in [2.24, 2.45) is 0 Å². The maximum atomic E-state index is 14.6. The van der Waals surface area contributed by atoms with Gasteiger partial charge in [0.05, 0.1) is 25.9 Å². The minimum Gasteiger partial charge on any atom is -0.414 e. The molecule has 2 aromatic heterocycles. The van der Waals surface area contributed by atoms with Gasteiger partial charge < -0.3 is 18.3 Å². The molecule has 2 aliphatic rings. The molecule has 0 bridgehead atoms. The fraction of sp³-hybridized carbons (Fsp3) is 0.676. The molecule has 2 saturated heterocycles. The predicted molar refractivity (Wildman–Crippen MR) is 218 cm³/mol. The molecule has 0 amide bonds.